The zero-order valence-electron chi connectivity index (χ0n) is 15.9. The molecule has 1 fully saturated rings. The van der Waals surface area contributed by atoms with Crippen molar-refractivity contribution >= 4 is 22.6 Å². The maximum Gasteiger partial charge on any atom is 0.237 e. The highest BCUT2D eigenvalue weighted by atomic mass is 16.3. The van der Waals surface area contributed by atoms with Gasteiger partial charge in [-0.3, -0.25) is 14.5 Å². The Kier molecular flexibility index (Phi) is 5.77. The van der Waals surface area contributed by atoms with Crippen molar-refractivity contribution < 1.29 is 14.7 Å². The number of amides is 2. The summed E-state index contributed by atoms with van der Waals surface area (Å²) < 4.78 is 0. The molecule has 144 valence electrons. The summed E-state index contributed by atoms with van der Waals surface area (Å²) in [6, 6.07) is 13.8. The topological polar surface area (TPSA) is 81.7 Å². The molecule has 3 N–H and O–H groups in total. The molecule has 1 aliphatic heterocycles. The molecule has 6 heteroatoms. The molecular weight excluding hydrogens is 342 g/mol. The van der Waals surface area contributed by atoms with Gasteiger partial charge in [-0.25, -0.2) is 0 Å². The highest BCUT2D eigenvalue weighted by molar-refractivity contribution is 5.89. The molecule has 1 aliphatic rings. The number of benzene rings is 2. The number of carbonyl (C=O) groups is 2. The summed E-state index contributed by atoms with van der Waals surface area (Å²) in [6.07, 6.45) is 0.0695. The van der Waals surface area contributed by atoms with E-state index in [0.29, 0.717) is 19.6 Å². The van der Waals surface area contributed by atoms with E-state index in [0.717, 1.165) is 16.3 Å². The van der Waals surface area contributed by atoms with Gasteiger partial charge < -0.3 is 15.7 Å². The van der Waals surface area contributed by atoms with Gasteiger partial charge in [0.2, 0.25) is 11.8 Å². The van der Waals surface area contributed by atoms with Gasteiger partial charge in [0.25, 0.3) is 0 Å². The third kappa shape index (κ3) is 4.64. The van der Waals surface area contributed by atoms with Gasteiger partial charge in [-0.2, -0.15) is 0 Å². The average Bonchev–Trinajstić information content (AvgIpc) is 2.64. The van der Waals surface area contributed by atoms with Crippen molar-refractivity contribution in [1.82, 2.24) is 15.5 Å². The van der Waals surface area contributed by atoms with Gasteiger partial charge in [0, 0.05) is 19.6 Å². The Morgan fingerprint density at radius 2 is 2.00 bits per heavy atom. The number of piperazine rings is 1. The fraction of sp³-hybridized carbons (Fsp3) is 0.429. The molecule has 0 spiro atoms. The SMILES string of the molecule is CC(C)(CO)NC(=O)C[C@@H]1C(=O)NCCN1Cc1cccc2ccccc12. The molecule has 0 unspecified atom stereocenters. The van der Waals surface area contributed by atoms with Crippen molar-refractivity contribution in [3.63, 3.8) is 0 Å². The Labute approximate surface area is 159 Å². The van der Waals surface area contributed by atoms with Gasteiger partial charge in [-0.15, -0.1) is 0 Å². The molecule has 0 saturated carbocycles. The first-order chi connectivity index (χ1) is 12.9. The van der Waals surface area contributed by atoms with Gasteiger partial charge in [0.05, 0.1) is 24.6 Å². The molecule has 1 heterocycles. The number of nitrogens with zero attached hydrogens (tertiary/aromatic N) is 1. The molecule has 2 aromatic rings. The Hall–Kier alpha value is -2.44. The molecule has 6 nitrogen and oxygen atoms in total. The highest BCUT2D eigenvalue weighted by Crippen LogP contribution is 2.22. The van der Waals surface area contributed by atoms with E-state index < -0.39 is 11.6 Å². The van der Waals surface area contributed by atoms with E-state index in [2.05, 4.69) is 39.8 Å². The van der Waals surface area contributed by atoms with Crippen LogP contribution >= 0.6 is 0 Å². The van der Waals surface area contributed by atoms with Crippen LogP contribution in [-0.4, -0.2) is 53.1 Å². The quantitative estimate of drug-likeness (QED) is 0.719. The summed E-state index contributed by atoms with van der Waals surface area (Å²) in [7, 11) is 0. The minimum absolute atomic E-state index is 0.0695. The lowest BCUT2D eigenvalue weighted by Crippen LogP contribution is -2.57. The number of hydrogen-bond acceptors (Lipinski definition) is 4. The number of carbonyl (C=O) groups excluding carboxylic acids is 2. The maximum atomic E-state index is 12.4. The molecule has 1 saturated heterocycles. The van der Waals surface area contributed by atoms with Crippen molar-refractivity contribution in [1.29, 1.82) is 0 Å². The van der Waals surface area contributed by atoms with Gasteiger partial charge in [0.1, 0.15) is 0 Å². The standard InChI is InChI=1S/C21H27N3O3/c1-21(2,14-25)23-19(26)12-18-20(27)22-10-11-24(18)13-16-8-5-7-15-6-3-4-9-17(15)16/h3-9,18,25H,10-14H2,1-2H3,(H,22,27)(H,23,26)/t18-/m1/s1. The van der Waals surface area contributed by atoms with E-state index in [1.165, 1.54) is 0 Å². The molecule has 27 heavy (non-hydrogen) atoms. The average molecular weight is 369 g/mol. The number of fused-ring (bicyclic) bond motifs is 1. The van der Waals surface area contributed by atoms with E-state index >= 15 is 0 Å². The smallest absolute Gasteiger partial charge is 0.237 e. The summed E-state index contributed by atoms with van der Waals surface area (Å²) in [5, 5.41) is 17.3. The van der Waals surface area contributed by atoms with Crippen molar-refractivity contribution in [2.45, 2.75) is 38.4 Å². The zero-order valence-corrected chi connectivity index (χ0v) is 15.9. The second-order valence-electron chi connectivity index (χ2n) is 7.71. The summed E-state index contributed by atoms with van der Waals surface area (Å²) >= 11 is 0. The maximum absolute atomic E-state index is 12.4. The van der Waals surface area contributed by atoms with Crippen LogP contribution in [0.4, 0.5) is 0 Å². The van der Waals surface area contributed by atoms with Crippen LogP contribution in [0.15, 0.2) is 42.5 Å². The second kappa shape index (κ2) is 8.06. The Morgan fingerprint density at radius 1 is 1.26 bits per heavy atom. The number of hydrogen-bond donors (Lipinski definition) is 3. The van der Waals surface area contributed by atoms with Gasteiger partial charge in [-0.1, -0.05) is 42.5 Å². The minimum atomic E-state index is -0.706. The van der Waals surface area contributed by atoms with Crippen LogP contribution in [0.25, 0.3) is 10.8 Å². The minimum Gasteiger partial charge on any atom is -0.394 e. The van der Waals surface area contributed by atoms with Crippen molar-refractivity contribution in [3.05, 3.63) is 48.0 Å². The number of aliphatic hydroxyl groups is 1. The predicted octanol–water partition coefficient (Wildman–Crippen LogP) is 1.42. The van der Waals surface area contributed by atoms with E-state index in [-0.39, 0.29) is 24.8 Å². The lowest BCUT2D eigenvalue weighted by atomic mass is 10.0. The summed E-state index contributed by atoms with van der Waals surface area (Å²) in [4.78, 5) is 26.9. The van der Waals surface area contributed by atoms with Gasteiger partial charge in [0.15, 0.2) is 0 Å². The number of aliphatic hydroxyl groups excluding tert-OH is 1. The molecule has 0 aromatic heterocycles. The zero-order chi connectivity index (χ0) is 19.4. The largest absolute Gasteiger partial charge is 0.394 e. The van der Waals surface area contributed by atoms with Gasteiger partial charge in [-0.05, 0) is 30.2 Å². The van der Waals surface area contributed by atoms with Crippen LogP contribution in [0.3, 0.4) is 0 Å². The fourth-order valence-corrected chi connectivity index (χ4v) is 3.47. The normalized spacial score (nSPS) is 18.3. The molecular formula is C21H27N3O3. The van der Waals surface area contributed by atoms with Crippen LogP contribution in [0, 0.1) is 0 Å². The molecule has 0 radical (unpaired) electrons. The summed E-state index contributed by atoms with van der Waals surface area (Å²) in [5.74, 6) is -0.363. The van der Waals surface area contributed by atoms with Crippen LogP contribution in [0.5, 0.6) is 0 Å². The van der Waals surface area contributed by atoms with E-state index in [9.17, 15) is 14.7 Å². The first-order valence-electron chi connectivity index (χ1n) is 9.30. The van der Waals surface area contributed by atoms with Crippen LogP contribution < -0.4 is 10.6 Å². The highest BCUT2D eigenvalue weighted by Gasteiger charge is 2.33. The van der Waals surface area contributed by atoms with E-state index in [4.69, 9.17) is 0 Å². The van der Waals surface area contributed by atoms with E-state index in [1.807, 2.05) is 18.2 Å². The molecule has 3 rings (SSSR count). The molecule has 0 bridgehead atoms. The Morgan fingerprint density at radius 3 is 2.78 bits per heavy atom. The molecule has 2 amide bonds. The monoisotopic (exact) mass is 369 g/mol. The lowest BCUT2D eigenvalue weighted by Gasteiger charge is -2.35. The number of nitrogens with one attached hydrogen (secondary N) is 2. The van der Waals surface area contributed by atoms with Crippen LogP contribution in [0.1, 0.15) is 25.8 Å². The molecule has 0 aliphatic carbocycles. The van der Waals surface area contributed by atoms with Crippen molar-refractivity contribution in [2.24, 2.45) is 0 Å². The van der Waals surface area contributed by atoms with Crippen molar-refractivity contribution in [2.75, 3.05) is 19.7 Å². The van der Waals surface area contributed by atoms with E-state index in [1.54, 1.807) is 13.8 Å². The van der Waals surface area contributed by atoms with Crippen LogP contribution in [0.2, 0.25) is 0 Å². The summed E-state index contributed by atoms with van der Waals surface area (Å²) in [6.45, 7) is 5.21. The number of rotatable bonds is 6. The predicted molar refractivity (Wildman–Crippen MR) is 105 cm³/mol. The van der Waals surface area contributed by atoms with Crippen molar-refractivity contribution in [3.8, 4) is 0 Å². The molecule has 1 atom stereocenters. The van der Waals surface area contributed by atoms with Crippen LogP contribution in [-0.2, 0) is 16.1 Å². The molecule has 2 aromatic carbocycles. The first kappa shape index (κ1) is 19.3. The second-order valence-corrected chi connectivity index (χ2v) is 7.71. The Balaban J connectivity index is 1.78. The Bertz CT molecular complexity index is 829. The lowest BCUT2D eigenvalue weighted by molar-refractivity contribution is -0.135. The summed E-state index contributed by atoms with van der Waals surface area (Å²) in [5.41, 5.74) is 0.437. The third-order valence-electron chi connectivity index (χ3n) is 4.95. The van der Waals surface area contributed by atoms with Gasteiger partial charge >= 0.3 is 0 Å². The third-order valence-corrected chi connectivity index (χ3v) is 4.95. The first-order valence-corrected chi connectivity index (χ1v) is 9.30. The fourth-order valence-electron chi connectivity index (χ4n) is 3.47.